The lowest BCUT2D eigenvalue weighted by molar-refractivity contribution is -0.244. The molecule has 2 aromatic rings. The molecule has 2 aliphatic heterocycles. The molecule has 1 unspecified atom stereocenters. The van der Waals surface area contributed by atoms with Crippen LogP contribution in [0.15, 0.2) is 42.5 Å². The molecule has 1 aromatic carbocycles. The summed E-state index contributed by atoms with van der Waals surface area (Å²) in [5, 5.41) is 6.53. The Balaban J connectivity index is 1.36. The number of aromatic nitrogens is 1. The molecule has 7 atom stereocenters. The summed E-state index contributed by atoms with van der Waals surface area (Å²) >= 11 is 0. The van der Waals surface area contributed by atoms with Gasteiger partial charge >= 0.3 is 12.3 Å². The maximum Gasteiger partial charge on any atom is 0.427 e. The maximum atomic E-state index is 14.7. The Morgan fingerprint density at radius 1 is 1.09 bits per heavy atom. The summed E-state index contributed by atoms with van der Waals surface area (Å²) in [6, 6.07) is 6.15. The highest BCUT2D eigenvalue weighted by Gasteiger charge is 2.63. The number of alkyl halides is 3. The van der Waals surface area contributed by atoms with Crippen molar-refractivity contribution < 1.29 is 55.0 Å². The minimum absolute atomic E-state index is 0.0381. The van der Waals surface area contributed by atoms with Crippen molar-refractivity contribution in [1.29, 1.82) is 0 Å². The molecule has 57 heavy (non-hydrogen) atoms. The number of carbonyl (C=O) groups excluding carboxylic acids is 4. The summed E-state index contributed by atoms with van der Waals surface area (Å²) in [6.07, 6.45) is -1.37. The summed E-state index contributed by atoms with van der Waals surface area (Å²) in [5.41, 5.74) is -4.53. The van der Waals surface area contributed by atoms with Gasteiger partial charge in [-0.2, -0.15) is 18.2 Å². The van der Waals surface area contributed by atoms with Gasteiger partial charge in [-0.05, 0) is 82.6 Å². The van der Waals surface area contributed by atoms with Gasteiger partial charge in [0, 0.05) is 23.8 Å². The van der Waals surface area contributed by atoms with E-state index in [1.54, 1.807) is 31.2 Å². The van der Waals surface area contributed by atoms with Gasteiger partial charge in [-0.1, -0.05) is 44.2 Å². The van der Waals surface area contributed by atoms with Gasteiger partial charge in [0.25, 0.3) is 5.91 Å². The average molecular weight is 822 g/mol. The number of halogens is 3. The highest BCUT2D eigenvalue weighted by molar-refractivity contribution is 7.91. The van der Waals surface area contributed by atoms with E-state index in [1.807, 2.05) is 25.1 Å². The lowest BCUT2D eigenvalue weighted by Gasteiger charge is -2.34. The van der Waals surface area contributed by atoms with Gasteiger partial charge in [0.05, 0.1) is 18.4 Å². The van der Waals surface area contributed by atoms with Crippen LogP contribution in [0.5, 0.6) is 11.8 Å². The van der Waals surface area contributed by atoms with Crippen molar-refractivity contribution in [3.05, 3.63) is 42.5 Å². The zero-order valence-corrected chi connectivity index (χ0v) is 33.6. The quantitative estimate of drug-likeness (QED) is 0.310. The SMILES string of the molecule is COc1cc2ccccc2c(O[C@@H]2C[C@H]3C(=O)N[C@]4(C(=O)NS(=O)(=O)C5(C)CC5)CC4/C=C\CC[C@@H](C)C[C@@H](C)[C@H](NC(=O)OC(C)(C)C(F)(F)F)C(=O)N3C2)n1. The molecule has 2 aliphatic carbocycles. The summed E-state index contributed by atoms with van der Waals surface area (Å²) in [5.74, 6) is -3.29. The van der Waals surface area contributed by atoms with E-state index >= 15 is 0 Å². The molecule has 14 nitrogen and oxygen atoms in total. The molecule has 1 saturated heterocycles. The number of allylic oxidation sites excluding steroid dienone is 1. The lowest BCUT2D eigenvalue weighted by atomic mass is 9.88. The minimum atomic E-state index is -4.91. The Bertz CT molecular complexity index is 2060. The van der Waals surface area contributed by atoms with Crippen molar-refractivity contribution in [2.45, 2.75) is 120 Å². The Hall–Kier alpha value is -4.61. The first-order chi connectivity index (χ1) is 26.6. The monoisotopic (exact) mass is 821 g/mol. The van der Waals surface area contributed by atoms with Gasteiger partial charge < -0.3 is 29.7 Å². The van der Waals surface area contributed by atoms with E-state index in [4.69, 9.17) is 14.2 Å². The van der Waals surface area contributed by atoms with E-state index in [9.17, 15) is 40.8 Å². The predicted octanol–water partition coefficient (Wildman–Crippen LogP) is 4.91. The van der Waals surface area contributed by atoms with E-state index in [2.05, 4.69) is 20.3 Å². The third-order valence-corrected chi connectivity index (χ3v) is 13.9. The fraction of sp³-hybridized carbons (Fsp3) is 0.615. The Morgan fingerprint density at radius 3 is 2.46 bits per heavy atom. The van der Waals surface area contributed by atoms with Gasteiger partial charge in [-0.25, -0.2) is 13.2 Å². The number of pyridine rings is 1. The predicted molar refractivity (Wildman–Crippen MR) is 201 cm³/mol. The topological polar surface area (TPSA) is 182 Å². The van der Waals surface area contributed by atoms with Crippen LogP contribution in [0.25, 0.3) is 10.8 Å². The molecule has 1 aromatic heterocycles. The highest BCUT2D eigenvalue weighted by atomic mass is 32.2. The molecule has 3 heterocycles. The molecule has 312 valence electrons. The molecule has 2 saturated carbocycles. The van der Waals surface area contributed by atoms with Crippen LogP contribution in [0.4, 0.5) is 18.0 Å². The molecule has 6 rings (SSSR count). The van der Waals surface area contributed by atoms with Crippen LogP contribution < -0.4 is 24.8 Å². The fourth-order valence-corrected chi connectivity index (χ4v) is 8.85. The number of hydrogen-bond acceptors (Lipinski definition) is 10. The first-order valence-corrected chi connectivity index (χ1v) is 20.6. The Kier molecular flexibility index (Phi) is 11.3. The summed E-state index contributed by atoms with van der Waals surface area (Å²) < 4.78 is 85.2. The number of nitrogens with zero attached hydrogens (tertiary/aromatic N) is 2. The summed E-state index contributed by atoms with van der Waals surface area (Å²) in [4.78, 5) is 61.9. The number of alkyl carbamates (subject to hydrolysis) is 1. The van der Waals surface area contributed by atoms with E-state index in [1.165, 1.54) is 18.9 Å². The van der Waals surface area contributed by atoms with Crippen LogP contribution >= 0.6 is 0 Å². The van der Waals surface area contributed by atoms with Crippen molar-refractivity contribution in [2.75, 3.05) is 13.7 Å². The molecule has 0 spiro atoms. The average Bonchev–Trinajstić information content (AvgIpc) is 4.01. The number of carbonyl (C=O) groups is 4. The molecular formula is C39H50F3N5O9S. The molecular weight excluding hydrogens is 772 g/mol. The van der Waals surface area contributed by atoms with Gasteiger partial charge in [-0.3, -0.25) is 19.1 Å². The molecule has 4 aliphatic rings. The van der Waals surface area contributed by atoms with Gasteiger partial charge in [0.15, 0.2) is 0 Å². The molecule has 0 bridgehead atoms. The van der Waals surface area contributed by atoms with Crippen LogP contribution in [-0.4, -0.2) is 96.0 Å². The van der Waals surface area contributed by atoms with Crippen LogP contribution in [0.3, 0.4) is 0 Å². The largest absolute Gasteiger partial charge is 0.481 e. The van der Waals surface area contributed by atoms with Crippen LogP contribution in [0.2, 0.25) is 0 Å². The zero-order valence-electron chi connectivity index (χ0n) is 32.8. The minimum Gasteiger partial charge on any atom is -0.481 e. The number of benzene rings is 1. The number of methoxy groups -OCH3 is 1. The van der Waals surface area contributed by atoms with Gasteiger partial charge in [0.1, 0.15) is 23.7 Å². The number of rotatable bonds is 8. The number of ether oxygens (including phenoxy) is 3. The number of sulfonamides is 1. The van der Waals surface area contributed by atoms with E-state index in [-0.39, 0.29) is 37.1 Å². The van der Waals surface area contributed by atoms with E-state index in [0.29, 0.717) is 51.3 Å². The fourth-order valence-electron chi connectivity index (χ4n) is 7.54. The lowest BCUT2D eigenvalue weighted by Crippen LogP contribution is -2.59. The van der Waals surface area contributed by atoms with Crippen LogP contribution in [-0.2, 0) is 29.1 Å². The zero-order chi connectivity index (χ0) is 41.7. The van der Waals surface area contributed by atoms with Crippen molar-refractivity contribution in [3.8, 4) is 11.8 Å². The van der Waals surface area contributed by atoms with Crippen molar-refractivity contribution >= 4 is 44.6 Å². The van der Waals surface area contributed by atoms with Gasteiger partial charge in [-0.15, -0.1) is 0 Å². The third kappa shape index (κ3) is 8.65. The maximum absolute atomic E-state index is 14.7. The third-order valence-electron chi connectivity index (χ3n) is 11.7. The Labute approximate surface area is 329 Å². The molecule has 18 heteroatoms. The van der Waals surface area contributed by atoms with Crippen molar-refractivity contribution in [1.82, 2.24) is 25.2 Å². The Morgan fingerprint density at radius 2 is 1.79 bits per heavy atom. The number of nitrogens with one attached hydrogen (secondary N) is 3. The molecule has 0 radical (unpaired) electrons. The van der Waals surface area contributed by atoms with Crippen molar-refractivity contribution in [3.63, 3.8) is 0 Å². The molecule has 3 fully saturated rings. The highest BCUT2D eigenvalue weighted by Crippen LogP contribution is 2.48. The molecule has 4 amide bonds. The first kappa shape index (κ1) is 42.0. The second-order valence-electron chi connectivity index (χ2n) is 16.7. The van der Waals surface area contributed by atoms with Crippen LogP contribution in [0.1, 0.15) is 79.6 Å². The molecule has 3 N–H and O–H groups in total. The standard InChI is InChI=1S/C39H50F3N5O9S/c1-22-11-7-9-13-25-20-38(25,34(50)46-57(52,53)37(5)15-16-37)45-31(48)28-19-26(55-32-27-14-10-8-12-24(27)18-29(43-32)54-6)21-47(28)33(49)30(23(2)17-22)44-35(51)56-36(3,4)39(40,41)42/h8-10,12-14,18,22-23,25-26,28,30H,7,11,15-17,19-21H2,1-6H3,(H,44,51)(H,45,48)(H,46,50)/b13-9-/t22-,23-,25?,26-,28+,30+,38-/m1/s1. The second-order valence-corrected chi connectivity index (χ2v) is 18.9. The smallest absolute Gasteiger partial charge is 0.427 e. The normalized spacial score (nSPS) is 29.7. The van der Waals surface area contributed by atoms with E-state index < -0.39 is 85.9 Å². The first-order valence-electron chi connectivity index (χ1n) is 19.1. The van der Waals surface area contributed by atoms with Crippen LogP contribution in [0, 0.1) is 17.8 Å². The van der Waals surface area contributed by atoms with Crippen molar-refractivity contribution in [2.24, 2.45) is 17.8 Å². The summed E-state index contributed by atoms with van der Waals surface area (Å²) in [7, 11) is -2.64. The number of amides is 4. The summed E-state index contributed by atoms with van der Waals surface area (Å²) in [6.45, 7) is 6.32. The number of fused-ring (bicyclic) bond motifs is 3. The number of hydrogen-bond donors (Lipinski definition) is 3. The second kappa shape index (κ2) is 15.3. The van der Waals surface area contributed by atoms with Gasteiger partial charge in [0.2, 0.25) is 39.2 Å². The van der Waals surface area contributed by atoms with E-state index in [0.717, 1.165) is 5.39 Å².